The zero-order chi connectivity index (χ0) is 14.5. The van der Waals surface area contributed by atoms with Crippen molar-refractivity contribution in [3.8, 4) is 11.5 Å². The van der Waals surface area contributed by atoms with Crippen LogP contribution in [-0.2, 0) is 5.75 Å². The molecule has 0 bridgehead atoms. The van der Waals surface area contributed by atoms with Crippen LogP contribution in [0.15, 0.2) is 69.1 Å². The fourth-order valence-corrected chi connectivity index (χ4v) is 3.19. The predicted octanol–water partition coefficient (Wildman–Crippen LogP) is 4.75. The number of benzene rings is 2. The number of nitrogens with zero attached hydrogens (tertiary/aromatic N) is 2. The lowest BCUT2D eigenvalue weighted by atomic mass is 10.2. The summed E-state index contributed by atoms with van der Waals surface area (Å²) < 4.78 is 5.64. The minimum Gasteiger partial charge on any atom is -0.411 e. The van der Waals surface area contributed by atoms with Crippen molar-refractivity contribution in [2.24, 2.45) is 0 Å². The van der Waals surface area contributed by atoms with E-state index in [-0.39, 0.29) is 0 Å². The topological polar surface area (TPSA) is 38.9 Å². The largest absolute Gasteiger partial charge is 0.411 e. The van der Waals surface area contributed by atoms with Gasteiger partial charge in [0.25, 0.3) is 5.22 Å². The van der Waals surface area contributed by atoms with Crippen LogP contribution in [0.2, 0.25) is 0 Å². The van der Waals surface area contributed by atoms with Gasteiger partial charge < -0.3 is 4.42 Å². The molecule has 1 heterocycles. The molecule has 0 amide bonds. The Bertz CT molecular complexity index is 713. The van der Waals surface area contributed by atoms with E-state index in [1.807, 2.05) is 30.5 Å². The van der Waals surface area contributed by atoms with Crippen LogP contribution >= 0.6 is 23.5 Å². The first kappa shape index (κ1) is 14.2. The third-order valence-electron chi connectivity index (χ3n) is 2.94. The highest BCUT2D eigenvalue weighted by atomic mass is 32.2. The number of hydrogen-bond acceptors (Lipinski definition) is 5. The van der Waals surface area contributed by atoms with Gasteiger partial charge in [-0.15, -0.1) is 22.0 Å². The Morgan fingerprint density at radius 2 is 1.71 bits per heavy atom. The Balaban J connectivity index is 1.82. The molecule has 0 aliphatic heterocycles. The molecule has 0 spiro atoms. The molecule has 0 saturated heterocycles. The van der Waals surface area contributed by atoms with Crippen LogP contribution in [0.25, 0.3) is 11.5 Å². The second-order valence-corrected chi connectivity index (χ2v) is 6.12. The van der Waals surface area contributed by atoms with E-state index >= 15 is 0 Å². The highest BCUT2D eigenvalue weighted by Crippen LogP contribution is 2.33. The van der Waals surface area contributed by atoms with Crippen molar-refractivity contribution < 1.29 is 4.42 Å². The molecule has 0 N–H and O–H groups in total. The zero-order valence-corrected chi connectivity index (χ0v) is 13.2. The van der Waals surface area contributed by atoms with Crippen molar-refractivity contribution in [1.82, 2.24) is 10.2 Å². The maximum atomic E-state index is 5.64. The van der Waals surface area contributed by atoms with Gasteiger partial charge in [-0.3, -0.25) is 0 Å². The summed E-state index contributed by atoms with van der Waals surface area (Å²) in [6.45, 7) is 0. The number of hydrogen-bond donors (Lipinski definition) is 0. The van der Waals surface area contributed by atoms with Crippen LogP contribution < -0.4 is 0 Å². The number of thioether (sulfide) groups is 2. The summed E-state index contributed by atoms with van der Waals surface area (Å²) in [4.78, 5) is 1.15. The molecule has 2 aromatic carbocycles. The van der Waals surface area contributed by atoms with Gasteiger partial charge in [0.2, 0.25) is 5.89 Å². The maximum Gasteiger partial charge on any atom is 0.276 e. The molecular weight excluding hydrogens is 300 g/mol. The fraction of sp³-hybridized carbons (Fsp3) is 0.125. The third kappa shape index (κ3) is 3.49. The first-order valence-corrected chi connectivity index (χ1v) is 8.71. The standard InChI is InChI=1S/C16H14N2OS2/c1-20-16-18-17-15(19-16)13-9-5-6-10-14(13)21-11-12-7-3-2-4-8-12/h2-10H,11H2,1H3. The molecular formula is C16H14N2OS2. The zero-order valence-electron chi connectivity index (χ0n) is 11.5. The average molecular weight is 314 g/mol. The van der Waals surface area contributed by atoms with Gasteiger partial charge >= 0.3 is 0 Å². The molecule has 0 aliphatic rings. The summed E-state index contributed by atoms with van der Waals surface area (Å²) in [5.74, 6) is 1.50. The summed E-state index contributed by atoms with van der Waals surface area (Å²) in [5.41, 5.74) is 2.29. The molecule has 3 nitrogen and oxygen atoms in total. The Hall–Kier alpha value is -1.72. The van der Waals surface area contributed by atoms with Gasteiger partial charge in [-0.2, -0.15) is 0 Å². The van der Waals surface area contributed by atoms with Gasteiger partial charge in [0.15, 0.2) is 0 Å². The molecule has 0 fully saturated rings. The molecule has 3 aromatic rings. The average Bonchev–Trinajstić information content (AvgIpc) is 3.03. The Morgan fingerprint density at radius 1 is 0.952 bits per heavy atom. The number of rotatable bonds is 5. The normalized spacial score (nSPS) is 10.7. The van der Waals surface area contributed by atoms with Crippen LogP contribution in [0.3, 0.4) is 0 Å². The van der Waals surface area contributed by atoms with E-state index in [4.69, 9.17) is 4.42 Å². The Kier molecular flexibility index (Phi) is 4.62. The molecule has 21 heavy (non-hydrogen) atoms. The molecule has 3 rings (SSSR count). The molecule has 0 saturated carbocycles. The molecule has 1 aromatic heterocycles. The summed E-state index contributed by atoms with van der Waals surface area (Å²) in [5, 5.41) is 8.72. The van der Waals surface area contributed by atoms with Crippen molar-refractivity contribution in [2.45, 2.75) is 15.9 Å². The van der Waals surface area contributed by atoms with E-state index in [1.54, 1.807) is 11.8 Å². The molecule has 0 atom stereocenters. The summed E-state index contributed by atoms with van der Waals surface area (Å²) in [6, 6.07) is 18.5. The monoisotopic (exact) mass is 314 g/mol. The predicted molar refractivity (Wildman–Crippen MR) is 87.5 cm³/mol. The molecule has 5 heteroatoms. The van der Waals surface area contributed by atoms with E-state index in [0.29, 0.717) is 11.1 Å². The van der Waals surface area contributed by atoms with Gasteiger partial charge in [0.05, 0.1) is 5.56 Å². The first-order chi connectivity index (χ1) is 10.4. The molecule has 0 unspecified atom stereocenters. The van der Waals surface area contributed by atoms with Crippen molar-refractivity contribution in [2.75, 3.05) is 6.26 Å². The van der Waals surface area contributed by atoms with Crippen molar-refractivity contribution in [3.05, 3.63) is 60.2 Å². The first-order valence-electron chi connectivity index (χ1n) is 6.50. The van der Waals surface area contributed by atoms with Crippen LogP contribution in [0, 0.1) is 0 Å². The second-order valence-electron chi connectivity index (χ2n) is 4.35. The summed E-state index contributed by atoms with van der Waals surface area (Å²) in [7, 11) is 0. The Morgan fingerprint density at radius 3 is 2.48 bits per heavy atom. The fourth-order valence-electron chi connectivity index (χ4n) is 1.91. The van der Waals surface area contributed by atoms with Crippen LogP contribution in [-0.4, -0.2) is 16.5 Å². The van der Waals surface area contributed by atoms with Crippen LogP contribution in [0.5, 0.6) is 0 Å². The van der Waals surface area contributed by atoms with Crippen molar-refractivity contribution in [1.29, 1.82) is 0 Å². The maximum absolute atomic E-state index is 5.64. The van der Waals surface area contributed by atoms with Crippen LogP contribution in [0.4, 0.5) is 0 Å². The van der Waals surface area contributed by atoms with Gasteiger partial charge in [0, 0.05) is 10.6 Å². The van der Waals surface area contributed by atoms with Crippen LogP contribution in [0.1, 0.15) is 5.56 Å². The van der Waals surface area contributed by atoms with E-state index < -0.39 is 0 Å². The summed E-state index contributed by atoms with van der Waals surface area (Å²) in [6.07, 6.45) is 1.92. The van der Waals surface area contributed by atoms with E-state index in [2.05, 4.69) is 40.5 Å². The lowest BCUT2D eigenvalue weighted by molar-refractivity contribution is 0.466. The smallest absolute Gasteiger partial charge is 0.276 e. The van der Waals surface area contributed by atoms with E-state index in [0.717, 1.165) is 16.2 Å². The third-order valence-corrected chi connectivity index (χ3v) is 4.59. The Labute approximate surface area is 132 Å². The number of aromatic nitrogens is 2. The minimum atomic E-state index is 0.579. The summed E-state index contributed by atoms with van der Waals surface area (Å²) >= 11 is 3.23. The highest BCUT2D eigenvalue weighted by Gasteiger charge is 2.12. The van der Waals surface area contributed by atoms with Gasteiger partial charge in [-0.25, -0.2) is 0 Å². The van der Waals surface area contributed by atoms with Crippen molar-refractivity contribution >= 4 is 23.5 Å². The molecule has 0 aliphatic carbocycles. The van der Waals surface area contributed by atoms with Crippen molar-refractivity contribution in [3.63, 3.8) is 0 Å². The molecule has 106 valence electrons. The lowest BCUT2D eigenvalue weighted by Crippen LogP contribution is -1.84. The highest BCUT2D eigenvalue weighted by molar-refractivity contribution is 7.98. The van der Waals surface area contributed by atoms with Gasteiger partial charge in [-0.05, 0) is 24.0 Å². The van der Waals surface area contributed by atoms with E-state index in [1.165, 1.54) is 17.3 Å². The van der Waals surface area contributed by atoms with E-state index in [9.17, 15) is 0 Å². The SMILES string of the molecule is CSc1nnc(-c2ccccc2SCc2ccccc2)o1. The van der Waals surface area contributed by atoms with Gasteiger partial charge in [-0.1, -0.05) is 54.2 Å². The quantitative estimate of drug-likeness (QED) is 0.635. The molecule has 0 radical (unpaired) electrons. The minimum absolute atomic E-state index is 0.579. The van der Waals surface area contributed by atoms with Gasteiger partial charge in [0.1, 0.15) is 0 Å². The second kappa shape index (κ2) is 6.83. The lowest BCUT2D eigenvalue weighted by Gasteiger charge is -2.06.